The van der Waals surface area contributed by atoms with E-state index in [2.05, 4.69) is 72.8 Å². The van der Waals surface area contributed by atoms with Gasteiger partial charge in [0, 0.05) is 11.5 Å². The molecule has 1 aliphatic carbocycles. The van der Waals surface area contributed by atoms with E-state index < -0.39 is 0 Å². The molecule has 0 radical (unpaired) electrons. The number of fused-ring (bicyclic) bond motifs is 6. The molecule has 5 rings (SSSR count). The molecular formula is C20H14O. The number of ether oxygens (including phenoxy) is 1. The summed E-state index contributed by atoms with van der Waals surface area (Å²) in [6.07, 6.45) is 4.74. The number of hydrogen-bond acceptors (Lipinski definition) is 1. The van der Waals surface area contributed by atoms with Gasteiger partial charge in [-0.05, 0) is 33.4 Å². The van der Waals surface area contributed by atoms with E-state index in [1.807, 2.05) is 0 Å². The van der Waals surface area contributed by atoms with Crippen LogP contribution in [0.2, 0.25) is 0 Å². The van der Waals surface area contributed by atoms with E-state index in [1.54, 1.807) is 0 Å². The van der Waals surface area contributed by atoms with Gasteiger partial charge in [0.25, 0.3) is 0 Å². The number of hydrogen-bond donors (Lipinski definition) is 0. The second-order valence-corrected chi connectivity index (χ2v) is 5.77. The maximum Gasteiger partial charge on any atom is 0.128 e. The second kappa shape index (κ2) is 3.98. The Bertz CT molecular complexity index is 984. The fourth-order valence-corrected chi connectivity index (χ4v) is 3.61. The van der Waals surface area contributed by atoms with Gasteiger partial charge in [-0.3, -0.25) is 0 Å². The molecule has 0 aromatic heterocycles. The summed E-state index contributed by atoms with van der Waals surface area (Å²) in [5.41, 5.74) is 1.34. The zero-order valence-electron chi connectivity index (χ0n) is 11.5. The topological polar surface area (TPSA) is 9.23 Å². The van der Waals surface area contributed by atoms with E-state index in [-0.39, 0.29) is 6.10 Å². The summed E-state index contributed by atoms with van der Waals surface area (Å²) in [4.78, 5) is 0. The third-order valence-electron chi connectivity index (χ3n) is 4.58. The van der Waals surface area contributed by atoms with Gasteiger partial charge < -0.3 is 4.74 Å². The molecule has 0 fully saturated rings. The molecule has 3 aromatic rings. The van der Waals surface area contributed by atoms with E-state index >= 15 is 0 Å². The van der Waals surface area contributed by atoms with E-state index in [4.69, 9.17) is 4.74 Å². The predicted molar refractivity (Wildman–Crippen MR) is 85.7 cm³/mol. The molecule has 0 spiro atoms. The Labute approximate surface area is 122 Å². The normalized spacial score (nSPS) is 21.5. The number of benzene rings is 3. The van der Waals surface area contributed by atoms with Crippen LogP contribution in [0, 0.1) is 0 Å². The molecule has 0 bridgehead atoms. The van der Waals surface area contributed by atoms with Crippen LogP contribution in [-0.4, -0.2) is 6.10 Å². The summed E-state index contributed by atoms with van der Waals surface area (Å²) < 4.78 is 6.19. The molecule has 21 heavy (non-hydrogen) atoms. The van der Waals surface area contributed by atoms with Gasteiger partial charge >= 0.3 is 0 Å². The van der Waals surface area contributed by atoms with Crippen LogP contribution in [0.4, 0.5) is 0 Å². The average molecular weight is 270 g/mol. The zero-order chi connectivity index (χ0) is 13.8. The third kappa shape index (κ3) is 1.52. The van der Waals surface area contributed by atoms with Crippen molar-refractivity contribution in [2.24, 2.45) is 0 Å². The van der Waals surface area contributed by atoms with Crippen molar-refractivity contribution < 1.29 is 4.74 Å². The highest BCUT2D eigenvalue weighted by Crippen LogP contribution is 2.44. The lowest BCUT2D eigenvalue weighted by molar-refractivity contribution is 0.288. The molecule has 0 N–H and O–H groups in total. The lowest BCUT2D eigenvalue weighted by Gasteiger charge is -2.16. The Morgan fingerprint density at radius 2 is 1.48 bits per heavy atom. The Hall–Kier alpha value is -2.54. The molecular weight excluding hydrogens is 256 g/mol. The lowest BCUT2D eigenvalue weighted by atomic mass is 9.87. The zero-order valence-corrected chi connectivity index (χ0v) is 11.5. The minimum absolute atomic E-state index is 0.126. The quantitative estimate of drug-likeness (QED) is 0.610. The molecule has 0 saturated heterocycles. The van der Waals surface area contributed by atoms with E-state index in [1.165, 1.54) is 26.8 Å². The van der Waals surface area contributed by atoms with Crippen molar-refractivity contribution in [1.82, 2.24) is 0 Å². The smallest absolute Gasteiger partial charge is 0.128 e. The van der Waals surface area contributed by atoms with Crippen LogP contribution in [0.1, 0.15) is 11.5 Å². The van der Waals surface area contributed by atoms with Gasteiger partial charge in [0.1, 0.15) is 11.9 Å². The Balaban J connectivity index is 1.83. The van der Waals surface area contributed by atoms with Gasteiger partial charge in [-0.25, -0.2) is 0 Å². The first-order valence-electron chi connectivity index (χ1n) is 7.37. The van der Waals surface area contributed by atoms with Crippen molar-refractivity contribution in [3.05, 3.63) is 76.7 Å². The van der Waals surface area contributed by atoms with Crippen molar-refractivity contribution in [1.29, 1.82) is 0 Å². The van der Waals surface area contributed by atoms with E-state index in [0.717, 1.165) is 5.75 Å². The first kappa shape index (κ1) is 11.2. The summed E-state index contributed by atoms with van der Waals surface area (Å²) >= 11 is 0. The molecule has 1 aliphatic heterocycles. The van der Waals surface area contributed by atoms with Gasteiger partial charge in [-0.2, -0.15) is 0 Å². The van der Waals surface area contributed by atoms with Crippen LogP contribution in [0.5, 0.6) is 5.75 Å². The van der Waals surface area contributed by atoms with Gasteiger partial charge in [-0.15, -0.1) is 0 Å². The van der Waals surface area contributed by atoms with Crippen molar-refractivity contribution in [2.45, 2.75) is 12.0 Å². The highest BCUT2D eigenvalue weighted by atomic mass is 16.5. The summed E-state index contributed by atoms with van der Waals surface area (Å²) in [5.74, 6) is 1.35. The average Bonchev–Trinajstić information content (AvgIpc) is 2.90. The molecule has 2 unspecified atom stereocenters. The first-order valence-corrected chi connectivity index (χ1v) is 7.37. The van der Waals surface area contributed by atoms with Crippen LogP contribution < -0.4 is 15.2 Å². The van der Waals surface area contributed by atoms with Crippen molar-refractivity contribution in [2.75, 3.05) is 0 Å². The molecule has 1 heterocycles. The summed E-state index contributed by atoms with van der Waals surface area (Å²) in [7, 11) is 0. The number of rotatable bonds is 0. The molecule has 2 atom stereocenters. The Kier molecular flexibility index (Phi) is 2.12. The molecule has 2 aliphatic rings. The highest BCUT2D eigenvalue weighted by Gasteiger charge is 2.33. The molecule has 1 nitrogen and oxygen atoms in total. The van der Waals surface area contributed by atoms with Crippen LogP contribution in [0.15, 0.2) is 60.7 Å². The summed E-state index contributed by atoms with van der Waals surface area (Å²) in [5, 5.41) is 5.18. The van der Waals surface area contributed by atoms with Crippen molar-refractivity contribution in [3.63, 3.8) is 0 Å². The monoisotopic (exact) mass is 270 g/mol. The van der Waals surface area contributed by atoms with Gasteiger partial charge in [0.05, 0.1) is 0 Å². The molecule has 0 amide bonds. The predicted octanol–water partition coefficient (Wildman–Crippen LogP) is 2.96. The Morgan fingerprint density at radius 3 is 2.38 bits per heavy atom. The van der Waals surface area contributed by atoms with Crippen LogP contribution in [-0.2, 0) is 0 Å². The lowest BCUT2D eigenvalue weighted by Crippen LogP contribution is -2.34. The SMILES string of the molecule is C1=c2ccccc2=CC2c3c(ccc4ccccc34)OC12. The molecule has 1 heteroatoms. The van der Waals surface area contributed by atoms with E-state index in [9.17, 15) is 0 Å². The minimum atomic E-state index is 0.126. The van der Waals surface area contributed by atoms with Crippen LogP contribution in [0.25, 0.3) is 22.9 Å². The standard InChI is InChI=1S/C20H14O/c1-2-7-15-12-19-17(11-14(15)6-1)20-16-8-4-3-5-13(16)9-10-18(20)21-19/h1-12,17,19H. The molecule has 0 saturated carbocycles. The summed E-state index contributed by atoms with van der Waals surface area (Å²) in [6, 6.07) is 21.4. The fourth-order valence-electron chi connectivity index (χ4n) is 3.61. The largest absolute Gasteiger partial charge is 0.485 e. The summed E-state index contributed by atoms with van der Waals surface area (Å²) in [6.45, 7) is 0. The first-order chi connectivity index (χ1) is 10.4. The Morgan fingerprint density at radius 1 is 0.714 bits per heavy atom. The van der Waals surface area contributed by atoms with E-state index in [0.29, 0.717) is 5.92 Å². The molecule has 100 valence electrons. The van der Waals surface area contributed by atoms with Crippen LogP contribution in [0.3, 0.4) is 0 Å². The second-order valence-electron chi connectivity index (χ2n) is 5.77. The van der Waals surface area contributed by atoms with Crippen molar-refractivity contribution >= 4 is 22.9 Å². The van der Waals surface area contributed by atoms with Crippen molar-refractivity contribution in [3.8, 4) is 5.75 Å². The maximum absolute atomic E-state index is 6.19. The fraction of sp³-hybridized carbons (Fsp3) is 0.100. The molecule has 3 aromatic carbocycles. The van der Waals surface area contributed by atoms with Crippen LogP contribution >= 0.6 is 0 Å². The maximum atomic E-state index is 6.19. The van der Waals surface area contributed by atoms with Gasteiger partial charge in [-0.1, -0.05) is 60.7 Å². The van der Waals surface area contributed by atoms with Gasteiger partial charge in [0.2, 0.25) is 0 Å². The minimum Gasteiger partial charge on any atom is -0.485 e. The third-order valence-corrected chi connectivity index (χ3v) is 4.58. The highest BCUT2D eigenvalue weighted by molar-refractivity contribution is 5.90. The van der Waals surface area contributed by atoms with Gasteiger partial charge in [0.15, 0.2) is 0 Å².